The third kappa shape index (κ3) is 2.47. The number of likely N-dealkylation sites (N-methyl/N-ethyl adjacent to an activating group) is 1. The first-order valence-corrected chi connectivity index (χ1v) is 4.62. The molecule has 0 bridgehead atoms. The van der Waals surface area contributed by atoms with E-state index in [1.807, 2.05) is 13.0 Å². The molecule has 0 fully saturated rings. The Morgan fingerprint density at radius 1 is 1.53 bits per heavy atom. The van der Waals surface area contributed by atoms with E-state index in [1.165, 1.54) is 4.90 Å². The number of amides is 1. The van der Waals surface area contributed by atoms with Crippen LogP contribution in [0.25, 0.3) is 0 Å². The first kappa shape index (κ1) is 11.5. The molecular formula is C11H15NO3. The third-order valence-corrected chi connectivity index (χ3v) is 2.28. The Bertz CT molecular complexity index is 363. The number of rotatable bonds is 3. The zero-order valence-corrected chi connectivity index (χ0v) is 9.15. The summed E-state index contributed by atoms with van der Waals surface area (Å²) in [6, 6.07) is 5.41. The van der Waals surface area contributed by atoms with Gasteiger partial charge >= 0.3 is 0 Å². The van der Waals surface area contributed by atoms with Crippen molar-refractivity contribution in [2.24, 2.45) is 0 Å². The summed E-state index contributed by atoms with van der Waals surface area (Å²) in [5.74, 6) is 0.447. The van der Waals surface area contributed by atoms with E-state index in [0.29, 0.717) is 0 Å². The standard InChI is InChI=1S/C11H15NO3/c1-8-6-9(4-5-10(8)15-3)12(2)11(14)7-13/h4-6,13H,7H2,1-3H3. The summed E-state index contributed by atoms with van der Waals surface area (Å²) in [5, 5.41) is 8.72. The molecule has 1 aromatic carbocycles. The molecule has 0 aliphatic rings. The minimum Gasteiger partial charge on any atom is -0.496 e. The van der Waals surface area contributed by atoms with Gasteiger partial charge in [-0.25, -0.2) is 0 Å². The summed E-state index contributed by atoms with van der Waals surface area (Å²) < 4.78 is 5.11. The molecule has 0 heterocycles. The highest BCUT2D eigenvalue weighted by Crippen LogP contribution is 2.23. The largest absolute Gasteiger partial charge is 0.496 e. The quantitative estimate of drug-likeness (QED) is 0.806. The minimum absolute atomic E-state index is 0.334. The van der Waals surface area contributed by atoms with Crippen LogP contribution in [0.3, 0.4) is 0 Å². The maximum atomic E-state index is 11.2. The Kier molecular flexibility index (Phi) is 3.68. The van der Waals surface area contributed by atoms with Gasteiger partial charge in [-0.05, 0) is 30.7 Å². The van der Waals surface area contributed by atoms with Gasteiger partial charge in [-0.2, -0.15) is 0 Å². The van der Waals surface area contributed by atoms with E-state index < -0.39 is 6.61 Å². The van der Waals surface area contributed by atoms with Crippen molar-refractivity contribution in [2.75, 3.05) is 25.7 Å². The summed E-state index contributed by atoms with van der Waals surface area (Å²) in [7, 11) is 3.23. The molecule has 0 aromatic heterocycles. The van der Waals surface area contributed by atoms with E-state index in [1.54, 1.807) is 26.3 Å². The number of aryl methyl sites for hydroxylation is 1. The van der Waals surface area contributed by atoms with Crippen molar-refractivity contribution in [1.82, 2.24) is 0 Å². The molecule has 0 aliphatic heterocycles. The van der Waals surface area contributed by atoms with Gasteiger partial charge in [0.05, 0.1) is 7.11 Å². The molecule has 82 valence electrons. The highest BCUT2D eigenvalue weighted by Gasteiger charge is 2.10. The molecule has 0 aliphatic carbocycles. The second-order valence-electron chi connectivity index (χ2n) is 3.26. The summed E-state index contributed by atoms with van der Waals surface area (Å²) in [6.07, 6.45) is 0. The monoisotopic (exact) mass is 209 g/mol. The van der Waals surface area contributed by atoms with Gasteiger partial charge in [0.2, 0.25) is 0 Å². The lowest BCUT2D eigenvalue weighted by atomic mass is 10.2. The van der Waals surface area contributed by atoms with Crippen molar-refractivity contribution in [3.63, 3.8) is 0 Å². The molecule has 0 saturated heterocycles. The summed E-state index contributed by atoms with van der Waals surface area (Å²) >= 11 is 0. The van der Waals surface area contributed by atoms with Crippen LogP contribution in [0.1, 0.15) is 5.56 Å². The van der Waals surface area contributed by atoms with Gasteiger partial charge in [0.25, 0.3) is 5.91 Å². The maximum absolute atomic E-state index is 11.2. The van der Waals surface area contributed by atoms with E-state index in [0.717, 1.165) is 17.0 Å². The third-order valence-electron chi connectivity index (χ3n) is 2.28. The highest BCUT2D eigenvalue weighted by molar-refractivity contribution is 5.93. The lowest BCUT2D eigenvalue weighted by molar-refractivity contribution is -0.120. The minimum atomic E-state index is -0.485. The van der Waals surface area contributed by atoms with Crippen LogP contribution >= 0.6 is 0 Å². The van der Waals surface area contributed by atoms with Crippen LogP contribution in [0, 0.1) is 6.92 Å². The second kappa shape index (κ2) is 4.79. The van der Waals surface area contributed by atoms with Gasteiger partial charge < -0.3 is 14.7 Å². The fraction of sp³-hybridized carbons (Fsp3) is 0.364. The Hall–Kier alpha value is -1.55. The van der Waals surface area contributed by atoms with Gasteiger partial charge in [-0.3, -0.25) is 4.79 Å². The Morgan fingerprint density at radius 3 is 2.67 bits per heavy atom. The molecule has 1 N–H and O–H groups in total. The molecular weight excluding hydrogens is 194 g/mol. The van der Waals surface area contributed by atoms with Crippen LogP contribution in [0.4, 0.5) is 5.69 Å². The fourth-order valence-corrected chi connectivity index (χ4v) is 1.32. The molecule has 1 rings (SSSR count). The molecule has 0 atom stereocenters. The number of hydrogen-bond donors (Lipinski definition) is 1. The second-order valence-corrected chi connectivity index (χ2v) is 3.26. The topological polar surface area (TPSA) is 49.8 Å². The number of benzene rings is 1. The lowest BCUT2D eigenvalue weighted by Gasteiger charge is -2.17. The number of carbonyl (C=O) groups is 1. The van der Waals surface area contributed by atoms with Crippen LogP contribution < -0.4 is 9.64 Å². The van der Waals surface area contributed by atoms with Crippen molar-refractivity contribution < 1.29 is 14.6 Å². The number of anilines is 1. The van der Waals surface area contributed by atoms with Gasteiger partial charge in [0.15, 0.2) is 0 Å². The average molecular weight is 209 g/mol. The van der Waals surface area contributed by atoms with Crippen LogP contribution in [0.2, 0.25) is 0 Å². The van der Waals surface area contributed by atoms with Crippen molar-refractivity contribution in [2.45, 2.75) is 6.92 Å². The number of aliphatic hydroxyl groups excluding tert-OH is 1. The molecule has 1 aromatic rings. The Labute approximate surface area is 89.1 Å². The van der Waals surface area contributed by atoms with Gasteiger partial charge in [0, 0.05) is 12.7 Å². The molecule has 0 unspecified atom stereocenters. The zero-order chi connectivity index (χ0) is 11.4. The summed E-state index contributed by atoms with van der Waals surface area (Å²) in [6.45, 7) is 1.42. The molecule has 0 radical (unpaired) electrons. The van der Waals surface area contributed by atoms with Gasteiger partial charge in [-0.1, -0.05) is 0 Å². The Balaban J connectivity index is 2.97. The first-order valence-electron chi connectivity index (χ1n) is 4.62. The predicted octanol–water partition coefficient (Wildman–Crippen LogP) is 0.959. The first-order chi connectivity index (χ1) is 7.10. The number of ether oxygens (including phenoxy) is 1. The number of aliphatic hydroxyl groups is 1. The van der Waals surface area contributed by atoms with Crippen LogP contribution in [-0.4, -0.2) is 31.8 Å². The smallest absolute Gasteiger partial charge is 0.252 e. The van der Waals surface area contributed by atoms with Gasteiger partial charge in [0.1, 0.15) is 12.4 Å². The van der Waals surface area contributed by atoms with Crippen molar-refractivity contribution in [1.29, 1.82) is 0 Å². The zero-order valence-electron chi connectivity index (χ0n) is 9.15. The van der Waals surface area contributed by atoms with Crippen molar-refractivity contribution in [3.8, 4) is 5.75 Å². The highest BCUT2D eigenvalue weighted by atomic mass is 16.5. The SMILES string of the molecule is COc1ccc(N(C)C(=O)CO)cc1C. The average Bonchev–Trinajstić information content (AvgIpc) is 2.26. The van der Waals surface area contributed by atoms with Crippen LogP contribution in [0.5, 0.6) is 5.75 Å². The molecule has 0 spiro atoms. The number of methoxy groups -OCH3 is 1. The summed E-state index contributed by atoms with van der Waals surface area (Å²) in [4.78, 5) is 12.6. The predicted molar refractivity (Wildman–Crippen MR) is 58.2 cm³/mol. The van der Waals surface area contributed by atoms with E-state index in [9.17, 15) is 4.79 Å². The molecule has 15 heavy (non-hydrogen) atoms. The maximum Gasteiger partial charge on any atom is 0.252 e. The lowest BCUT2D eigenvalue weighted by Crippen LogP contribution is -2.28. The number of hydrogen-bond acceptors (Lipinski definition) is 3. The number of carbonyl (C=O) groups excluding carboxylic acids is 1. The molecule has 4 nitrogen and oxygen atoms in total. The van der Waals surface area contributed by atoms with Crippen LogP contribution in [-0.2, 0) is 4.79 Å². The van der Waals surface area contributed by atoms with Crippen LogP contribution in [0.15, 0.2) is 18.2 Å². The van der Waals surface area contributed by atoms with Crippen molar-refractivity contribution in [3.05, 3.63) is 23.8 Å². The van der Waals surface area contributed by atoms with Gasteiger partial charge in [-0.15, -0.1) is 0 Å². The summed E-state index contributed by atoms with van der Waals surface area (Å²) in [5.41, 5.74) is 1.69. The van der Waals surface area contributed by atoms with E-state index in [-0.39, 0.29) is 5.91 Å². The molecule has 0 saturated carbocycles. The molecule has 4 heteroatoms. The fourth-order valence-electron chi connectivity index (χ4n) is 1.32. The Morgan fingerprint density at radius 2 is 2.20 bits per heavy atom. The van der Waals surface area contributed by atoms with E-state index in [2.05, 4.69) is 0 Å². The molecule has 1 amide bonds. The van der Waals surface area contributed by atoms with E-state index >= 15 is 0 Å². The number of nitrogens with zero attached hydrogens (tertiary/aromatic N) is 1. The van der Waals surface area contributed by atoms with Crippen molar-refractivity contribution >= 4 is 11.6 Å². The van der Waals surface area contributed by atoms with E-state index in [4.69, 9.17) is 9.84 Å². The normalized spacial score (nSPS) is 9.87.